The zero-order valence-electron chi connectivity index (χ0n) is 14.8. The fourth-order valence-corrected chi connectivity index (χ4v) is 3.23. The molecule has 9 heteroatoms. The third kappa shape index (κ3) is 5.48. The number of benzene rings is 3. The number of carbonyl (C=O) groups is 1. The summed E-state index contributed by atoms with van der Waals surface area (Å²) in [5.74, 6) is -1.44. The third-order valence-electron chi connectivity index (χ3n) is 4.03. The van der Waals surface area contributed by atoms with Crippen molar-refractivity contribution in [2.45, 2.75) is 9.96 Å². The third-order valence-corrected chi connectivity index (χ3v) is 4.91. The van der Waals surface area contributed by atoms with Gasteiger partial charge in [-0.3, -0.25) is 4.79 Å². The Labute approximate surface area is 187 Å². The summed E-state index contributed by atoms with van der Waals surface area (Å²) >= 11 is 23.3. The summed E-state index contributed by atoms with van der Waals surface area (Å²) in [6.07, 6.45) is -1.21. The van der Waals surface area contributed by atoms with Gasteiger partial charge in [-0.25, -0.2) is 4.39 Å². The standard InChI is InChI=1S/C20H15Cl3FN3OS/c21-20(22,23)18(26-17(28)14-9-3-4-10-15(14)24)27-19(29)25-16-11-5-7-12-6-1-2-8-13(12)16/h1-11,18H,(H,26,28)(H2,25,27,29)/t18-/m0/s1. The van der Waals surface area contributed by atoms with E-state index in [1.807, 2.05) is 42.5 Å². The molecule has 3 rings (SSSR count). The Hall–Kier alpha value is -2.12. The number of alkyl halides is 3. The molecule has 0 saturated heterocycles. The molecule has 0 aliphatic heterocycles. The number of fused-ring (bicyclic) bond motifs is 1. The second kappa shape index (κ2) is 9.13. The molecular weight excluding hydrogens is 456 g/mol. The highest BCUT2D eigenvalue weighted by molar-refractivity contribution is 7.80. The molecule has 0 unspecified atom stereocenters. The second-order valence-electron chi connectivity index (χ2n) is 6.05. The zero-order valence-corrected chi connectivity index (χ0v) is 17.8. The van der Waals surface area contributed by atoms with E-state index in [-0.39, 0.29) is 10.7 Å². The smallest absolute Gasteiger partial charge is 0.255 e. The number of thiocarbonyl (C=S) groups is 1. The van der Waals surface area contributed by atoms with E-state index < -0.39 is 21.7 Å². The monoisotopic (exact) mass is 469 g/mol. The lowest BCUT2D eigenvalue weighted by atomic mass is 10.1. The van der Waals surface area contributed by atoms with E-state index in [0.29, 0.717) is 0 Å². The molecule has 29 heavy (non-hydrogen) atoms. The van der Waals surface area contributed by atoms with Gasteiger partial charge in [0.05, 0.1) is 5.56 Å². The van der Waals surface area contributed by atoms with Gasteiger partial charge in [0.15, 0.2) is 5.11 Å². The van der Waals surface area contributed by atoms with Gasteiger partial charge < -0.3 is 16.0 Å². The van der Waals surface area contributed by atoms with Gasteiger partial charge in [0.1, 0.15) is 12.0 Å². The fourth-order valence-electron chi connectivity index (χ4n) is 2.68. The first kappa shape index (κ1) is 21.6. The van der Waals surface area contributed by atoms with E-state index in [1.165, 1.54) is 24.3 Å². The first-order valence-corrected chi connectivity index (χ1v) is 9.97. The van der Waals surface area contributed by atoms with Gasteiger partial charge in [-0.1, -0.05) is 83.3 Å². The summed E-state index contributed by atoms with van der Waals surface area (Å²) in [6, 6.07) is 18.9. The lowest BCUT2D eigenvalue weighted by Crippen LogP contribution is -2.56. The minimum atomic E-state index is -1.95. The molecule has 1 atom stereocenters. The number of rotatable bonds is 4. The summed E-state index contributed by atoms with van der Waals surface area (Å²) < 4.78 is 11.9. The molecule has 0 saturated carbocycles. The predicted octanol–water partition coefficient (Wildman–Crippen LogP) is 5.39. The summed E-state index contributed by atoms with van der Waals surface area (Å²) in [5, 5.41) is 10.3. The van der Waals surface area contributed by atoms with Crippen LogP contribution in [0.4, 0.5) is 10.1 Å². The van der Waals surface area contributed by atoms with Crippen LogP contribution in [0.5, 0.6) is 0 Å². The summed E-state index contributed by atoms with van der Waals surface area (Å²) in [5.41, 5.74) is 0.561. The predicted molar refractivity (Wildman–Crippen MR) is 121 cm³/mol. The Kier molecular flexibility index (Phi) is 6.80. The normalized spacial score (nSPS) is 12.3. The molecule has 0 aromatic heterocycles. The van der Waals surface area contributed by atoms with Crippen molar-refractivity contribution in [1.29, 1.82) is 0 Å². The van der Waals surface area contributed by atoms with E-state index in [2.05, 4.69) is 16.0 Å². The molecule has 150 valence electrons. The van der Waals surface area contributed by atoms with Gasteiger partial charge >= 0.3 is 0 Å². The average molecular weight is 471 g/mol. The Morgan fingerprint density at radius 1 is 0.931 bits per heavy atom. The molecule has 0 bridgehead atoms. The number of amides is 1. The Morgan fingerprint density at radius 3 is 2.31 bits per heavy atom. The minimum Gasteiger partial charge on any atom is -0.339 e. The van der Waals surface area contributed by atoms with Crippen LogP contribution in [0.3, 0.4) is 0 Å². The Balaban J connectivity index is 1.76. The van der Waals surface area contributed by atoms with Crippen LogP contribution in [0.1, 0.15) is 10.4 Å². The molecule has 3 N–H and O–H groups in total. The van der Waals surface area contributed by atoms with Crippen molar-refractivity contribution in [3.05, 3.63) is 78.1 Å². The molecule has 3 aromatic rings. The Bertz CT molecular complexity index is 1050. The molecular formula is C20H15Cl3FN3OS. The number of halogens is 4. The first-order chi connectivity index (χ1) is 13.8. The van der Waals surface area contributed by atoms with Crippen LogP contribution in [0.25, 0.3) is 10.8 Å². The van der Waals surface area contributed by atoms with Crippen LogP contribution in [-0.2, 0) is 0 Å². The fraction of sp³-hybridized carbons (Fsp3) is 0.100. The van der Waals surface area contributed by atoms with E-state index >= 15 is 0 Å². The maximum absolute atomic E-state index is 13.9. The maximum atomic E-state index is 13.9. The van der Waals surface area contributed by atoms with Gasteiger partial charge in [0.25, 0.3) is 5.91 Å². The molecule has 0 spiro atoms. The van der Waals surface area contributed by atoms with E-state index in [9.17, 15) is 9.18 Å². The first-order valence-electron chi connectivity index (χ1n) is 8.43. The molecule has 0 fully saturated rings. The highest BCUT2D eigenvalue weighted by atomic mass is 35.6. The number of hydrogen-bond acceptors (Lipinski definition) is 2. The van der Waals surface area contributed by atoms with E-state index in [1.54, 1.807) is 0 Å². The van der Waals surface area contributed by atoms with E-state index in [0.717, 1.165) is 16.5 Å². The number of anilines is 1. The summed E-state index contributed by atoms with van der Waals surface area (Å²) in [6.45, 7) is 0. The van der Waals surface area contributed by atoms with Gasteiger partial charge in [-0.05, 0) is 35.8 Å². The number of carbonyl (C=O) groups excluding carboxylic acids is 1. The largest absolute Gasteiger partial charge is 0.339 e. The molecule has 4 nitrogen and oxygen atoms in total. The maximum Gasteiger partial charge on any atom is 0.255 e. The van der Waals surface area contributed by atoms with Crippen molar-refractivity contribution in [2.24, 2.45) is 0 Å². The lowest BCUT2D eigenvalue weighted by Gasteiger charge is -2.28. The van der Waals surface area contributed by atoms with Crippen LogP contribution >= 0.6 is 47.0 Å². The summed E-state index contributed by atoms with van der Waals surface area (Å²) in [7, 11) is 0. The minimum absolute atomic E-state index is 0.117. The topological polar surface area (TPSA) is 53.2 Å². The van der Waals surface area contributed by atoms with Crippen LogP contribution in [-0.4, -0.2) is 21.0 Å². The van der Waals surface area contributed by atoms with Crippen molar-refractivity contribution in [3.63, 3.8) is 0 Å². The van der Waals surface area contributed by atoms with Gasteiger partial charge in [-0.15, -0.1) is 0 Å². The zero-order chi connectivity index (χ0) is 21.0. The number of nitrogens with one attached hydrogen (secondary N) is 3. The molecule has 0 heterocycles. The number of hydrogen-bond donors (Lipinski definition) is 3. The average Bonchev–Trinajstić information content (AvgIpc) is 2.67. The molecule has 0 aliphatic carbocycles. The molecule has 3 aromatic carbocycles. The summed E-state index contributed by atoms with van der Waals surface area (Å²) in [4.78, 5) is 12.4. The lowest BCUT2D eigenvalue weighted by molar-refractivity contribution is 0.0930. The van der Waals surface area contributed by atoms with Gasteiger partial charge in [0.2, 0.25) is 3.79 Å². The van der Waals surface area contributed by atoms with Gasteiger partial charge in [0, 0.05) is 11.1 Å². The van der Waals surface area contributed by atoms with Crippen molar-refractivity contribution in [2.75, 3.05) is 5.32 Å². The molecule has 0 aliphatic rings. The highest BCUT2D eigenvalue weighted by Gasteiger charge is 2.35. The quantitative estimate of drug-likeness (QED) is 0.272. The van der Waals surface area contributed by atoms with Crippen molar-refractivity contribution >= 4 is 74.5 Å². The second-order valence-corrected chi connectivity index (χ2v) is 8.83. The SMILES string of the molecule is O=C(N[C@@H](NC(=S)Nc1cccc2ccccc12)C(Cl)(Cl)Cl)c1ccccc1F. The van der Waals surface area contributed by atoms with Crippen LogP contribution < -0.4 is 16.0 Å². The molecule has 1 amide bonds. The van der Waals surface area contributed by atoms with Crippen LogP contribution in [0, 0.1) is 5.82 Å². The molecule has 0 radical (unpaired) electrons. The highest BCUT2D eigenvalue weighted by Crippen LogP contribution is 2.30. The van der Waals surface area contributed by atoms with E-state index in [4.69, 9.17) is 47.0 Å². The van der Waals surface area contributed by atoms with Gasteiger partial charge in [-0.2, -0.15) is 0 Å². The van der Waals surface area contributed by atoms with Crippen molar-refractivity contribution < 1.29 is 9.18 Å². The Morgan fingerprint density at radius 2 is 1.59 bits per heavy atom. The van der Waals surface area contributed by atoms with Crippen LogP contribution in [0.2, 0.25) is 0 Å². The van der Waals surface area contributed by atoms with Crippen LogP contribution in [0.15, 0.2) is 66.7 Å². The van der Waals surface area contributed by atoms with Crippen molar-refractivity contribution in [1.82, 2.24) is 10.6 Å². The van der Waals surface area contributed by atoms with Crippen molar-refractivity contribution in [3.8, 4) is 0 Å².